The van der Waals surface area contributed by atoms with E-state index in [0.717, 1.165) is 13.1 Å². The maximum atomic E-state index is 14.5. The van der Waals surface area contributed by atoms with E-state index in [1.54, 1.807) is 33.9 Å². The Morgan fingerprint density at radius 1 is 1.15 bits per heavy atom. The third kappa shape index (κ3) is 4.94. The third-order valence-corrected chi connectivity index (χ3v) is 9.42. The Balaban J connectivity index is 1.73. The van der Waals surface area contributed by atoms with Crippen LogP contribution in [-0.2, 0) is 23.9 Å². The molecular formula is C29H46N4O6. The molecule has 4 heterocycles. The van der Waals surface area contributed by atoms with Gasteiger partial charge in [0.1, 0.15) is 11.6 Å². The van der Waals surface area contributed by atoms with Crippen LogP contribution in [0.4, 0.5) is 0 Å². The average molecular weight is 547 g/mol. The van der Waals surface area contributed by atoms with Gasteiger partial charge in [-0.25, -0.2) is 0 Å². The lowest BCUT2D eigenvalue weighted by Gasteiger charge is -2.40. The molecule has 1 N–H and O–H groups in total. The number of rotatable bonds is 13. The highest BCUT2D eigenvalue weighted by atomic mass is 16.5. The predicted molar refractivity (Wildman–Crippen MR) is 147 cm³/mol. The Labute approximate surface area is 232 Å². The van der Waals surface area contributed by atoms with Crippen LogP contribution in [-0.4, -0.2) is 132 Å². The third-order valence-electron chi connectivity index (χ3n) is 9.42. The Bertz CT molecular complexity index is 950. The lowest BCUT2D eigenvalue weighted by atomic mass is 9.64. The van der Waals surface area contributed by atoms with E-state index in [1.165, 1.54) is 0 Å². The van der Waals surface area contributed by atoms with Gasteiger partial charge in [-0.05, 0) is 25.7 Å². The number of nitrogens with zero attached hydrogens (tertiary/aromatic N) is 4. The molecule has 6 atom stereocenters. The number of carbonyl (C=O) groups is 3. The van der Waals surface area contributed by atoms with Gasteiger partial charge in [0.25, 0.3) is 0 Å². The smallest absolute Gasteiger partial charge is 0.248 e. The summed E-state index contributed by atoms with van der Waals surface area (Å²) in [5.74, 6) is -2.08. The van der Waals surface area contributed by atoms with E-state index in [-0.39, 0.29) is 24.3 Å². The molecule has 218 valence electrons. The molecule has 10 heteroatoms. The van der Waals surface area contributed by atoms with Crippen molar-refractivity contribution in [3.63, 3.8) is 0 Å². The van der Waals surface area contributed by atoms with E-state index in [0.29, 0.717) is 65.1 Å². The Morgan fingerprint density at radius 2 is 1.85 bits per heavy atom. The van der Waals surface area contributed by atoms with E-state index in [9.17, 15) is 19.5 Å². The lowest BCUT2D eigenvalue weighted by Crippen LogP contribution is -2.59. The van der Waals surface area contributed by atoms with E-state index >= 15 is 0 Å². The molecule has 1 spiro atoms. The largest absolute Gasteiger partial charge is 0.394 e. The normalized spacial score (nSPS) is 32.7. The molecule has 4 aliphatic rings. The first-order valence-corrected chi connectivity index (χ1v) is 14.4. The van der Waals surface area contributed by atoms with Crippen molar-refractivity contribution in [3.05, 3.63) is 25.3 Å². The Hall–Kier alpha value is -2.27. The SMILES string of the molecule is C=CCN(C)C(=O)[C@H]1[C@H]2C(=O)N([C@@H](CC)CO)C(C(=O)N(CC=C)CCN3CCOCC3)C23CC[C@]1(CC)O3. The number of morpholine rings is 1. The number of likely N-dealkylation sites (N-methyl/N-ethyl adjacent to an activating group) is 1. The van der Waals surface area contributed by atoms with Crippen LogP contribution in [0.3, 0.4) is 0 Å². The molecule has 4 saturated heterocycles. The maximum absolute atomic E-state index is 14.5. The van der Waals surface area contributed by atoms with E-state index in [4.69, 9.17) is 9.47 Å². The summed E-state index contributed by atoms with van der Waals surface area (Å²) in [6.45, 7) is 16.1. The minimum Gasteiger partial charge on any atom is -0.394 e. The molecule has 0 aromatic rings. The molecule has 4 fully saturated rings. The van der Waals surface area contributed by atoms with Gasteiger partial charge in [0.05, 0.1) is 43.3 Å². The highest BCUT2D eigenvalue weighted by Gasteiger charge is 2.79. The second-order valence-corrected chi connectivity index (χ2v) is 11.4. The number of hydrogen-bond acceptors (Lipinski definition) is 7. The maximum Gasteiger partial charge on any atom is 0.248 e. The van der Waals surface area contributed by atoms with Crippen molar-refractivity contribution in [1.29, 1.82) is 0 Å². The van der Waals surface area contributed by atoms with Crippen LogP contribution in [0.2, 0.25) is 0 Å². The first-order valence-electron chi connectivity index (χ1n) is 14.4. The van der Waals surface area contributed by atoms with Gasteiger partial charge < -0.3 is 29.3 Å². The topological polar surface area (TPSA) is 103 Å². The van der Waals surface area contributed by atoms with Crippen LogP contribution >= 0.6 is 0 Å². The zero-order chi connectivity index (χ0) is 28.4. The van der Waals surface area contributed by atoms with Crippen molar-refractivity contribution in [2.45, 2.75) is 62.8 Å². The van der Waals surface area contributed by atoms with Crippen LogP contribution in [0, 0.1) is 11.8 Å². The van der Waals surface area contributed by atoms with Crippen LogP contribution < -0.4 is 0 Å². The zero-order valence-corrected chi connectivity index (χ0v) is 23.8. The summed E-state index contributed by atoms with van der Waals surface area (Å²) < 4.78 is 12.3. The van der Waals surface area contributed by atoms with Crippen LogP contribution in [0.5, 0.6) is 0 Å². The fraction of sp³-hybridized carbons (Fsp3) is 0.759. The minimum absolute atomic E-state index is 0.156. The molecule has 0 aromatic carbocycles. The van der Waals surface area contributed by atoms with E-state index in [1.807, 2.05) is 13.8 Å². The fourth-order valence-corrected chi connectivity index (χ4v) is 7.35. The molecule has 10 nitrogen and oxygen atoms in total. The van der Waals surface area contributed by atoms with Crippen LogP contribution in [0.25, 0.3) is 0 Å². The molecule has 0 saturated carbocycles. The zero-order valence-electron chi connectivity index (χ0n) is 23.8. The van der Waals surface area contributed by atoms with Crippen molar-refractivity contribution in [1.82, 2.24) is 19.6 Å². The van der Waals surface area contributed by atoms with Crippen molar-refractivity contribution in [2.75, 3.05) is 66.1 Å². The van der Waals surface area contributed by atoms with Crippen molar-refractivity contribution in [2.24, 2.45) is 11.8 Å². The number of fused-ring (bicyclic) bond motifs is 1. The fourth-order valence-electron chi connectivity index (χ4n) is 7.35. The first-order chi connectivity index (χ1) is 18.7. The summed E-state index contributed by atoms with van der Waals surface area (Å²) in [5.41, 5.74) is -1.91. The highest BCUT2D eigenvalue weighted by molar-refractivity contribution is 5.99. The van der Waals surface area contributed by atoms with E-state index < -0.39 is 35.1 Å². The molecule has 0 aromatic heterocycles. The van der Waals surface area contributed by atoms with Crippen molar-refractivity contribution >= 4 is 17.7 Å². The predicted octanol–water partition coefficient (Wildman–Crippen LogP) is 0.903. The van der Waals surface area contributed by atoms with Crippen molar-refractivity contribution < 1.29 is 29.0 Å². The number of hydrogen-bond donors (Lipinski definition) is 1. The summed E-state index contributed by atoms with van der Waals surface area (Å²) in [6, 6.07) is -1.45. The second-order valence-electron chi connectivity index (χ2n) is 11.4. The average Bonchev–Trinajstić information content (AvgIpc) is 3.55. The Morgan fingerprint density at radius 3 is 2.44 bits per heavy atom. The van der Waals surface area contributed by atoms with Gasteiger partial charge in [-0.1, -0.05) is 26.0 Å². The van der Waals surface area contributed by atoms with Gasteiger partial charge in [0, 0.05) is 46.3 Å². The van der Waals surface area contributed by atoms with Gasteiger partial charge in [-0.2, -0.15) is 0 Å². The number of carbonyl (C=O) groups excluding carboxylic acids is 3. The Kier molecular flexibility index (Phi) is 9.20. The van der Waals surface area contributed by atoms with E-state index in [2.05, 4.69) is 18.1 Å². The van der Waals surface area contributed by atoms with Gasteiger partial charge in [0.2, 0.25) is 17.7 Å². The summed E-state index contributed by atoms with van der Waals surface area (Å²) >= 11 is 0. The standard InChI is InChI=1S/C29H46N4O6/c1-6-12-30(5)25(35)22-23-26(36)33(21(8-3)20-34)24(29(23)11-10-28(22,9-4)39-29)27(37)32(13-7-2)15-14-31-16-18-38-19-17-31/h6-7,21-24,34H,1-2,8-20H2,3-5H3/t21-,22+,23-,24?,28-,29?/m0/s1. The summed E-state index contributed by atoms with van der Waals surface area (Å²) in [7, 11) is 1.71. The number of likely N-dealkylation sites (tertiary alicyclic amines) is 1. The van der Waals surface area contributed by atoms with Crippen molar-refractivity contribution in [3.8, 4) is 0 Å². The summed E-state index contributed by atoms with van der Waals surface area (Å²) in [6.07, 6.45) is 5.55. The minimum atomic E-state index is -1.11. The van der Waals surface area contributed by atoms with Crippen LogP contribution in [0.1, 0.15) is 39.5 Å². The molecule has 3 amide bonds. The summed E-state index contributed by atoms with van der Waals surface area (Å²) in [4.78, 5) is 49.8. The quantitative estimate of drug-likeness (QED) is 0.343. The van der Waals surface area contributed by atoms with Gasteiger partial charge in [0.15, 0.2) is 0 Å². The number of amides is 3. The number of aliphatic hydroxyl groups excluding tert-OH is 1. The molecule has 0 radical (unpaired) electrons. The molecular weight excluding hydrogens is 500 g/mol. The monoisotopic (exact) mass is 546 g/mol. The lowest BCUT2D eigenvalue weighted by molar-refractivity contribution is -0.157. The summed E-state index contributed by atoms with van der Waals surface area (Å²) in [5, 5.41) is 10.3. The van der Waals surface area contributed by atoms with Gasteiger partial charge in [-0.3, -0.25) is 19.3 Å². The first kappa shape index (κ1) is 29.7. The molecule has 4 rings (SSSR count). The number of ether oxygens (including phenoxy) is 2. The molecule has 2 unspecified atom stereocenters. The second kappa shape index (κ2) is 12.1. The highest BCUT2D eigenvalue weighted by Crippen LogP contribution is 2.65. The number of aliphatic hydroxyl groups is 1. The van der Waals surface area contributed by atoms with Crippen LogP contribution in [0.15, 0.2) is 25.3 Å². The molecule has 0 aliphatic carbocycles. The van der Waals surface area contributed by atoms with Gasteiger partial charge >= 0.3 is 0 Å². The van der Waals surface area contributed by atoms with Gasteiger partial charge in [-0.15, -0.1) is 13.2 Å². The molecule has 4 aliphatic heterocycles. The molecule has 39 heavy (non-hydrogen) atoms. The molecule has 2 bridgehead atoms.